The van der Waals surface area contributed by atoms with Crippen LogP contribution in [0.4, 0.5) is 15.8 Å². The molecule has 3 aromatic heterocycles. The number of nitrogens with one attached hydrogen (secondary N) is 3. The van der Waals surface area contributed by atoms with Crippen LogP contribution in [-0.4, -0.2) is 51.6 Å². The Hall–Kier alpha value is -3.57. The van der Waals surface area contributed by atoms with Crippen LogP contribution in [0, 0.1) is 5.82 Å². The number of H-pyrrole nitrogens is 1. The van der Waals surface area contributed by atoms with Gasteiger partial charge in [-0.25, -0.2) is 18.7 Å². The summed E-state index contributed by atoms with van der Waals surface area (Å²) in [6.45, 7) is 3.40. The number of amides is 1. The van der Waals surface area contributed by atoms with Gasteiger partial charge in [0.2, 0.25) is 0 Å². The number of halogens is 1. The van der Waals surface area contributed by atoms with Gasteiger partial charge in [0, 0.05) is 37.8 Å². The summed E-state index contributed by atoms with van der Waals surface area (Å²) in [6.07, 6.45) is 3.31. The molecule has 166 valence electrons. The van der Waals surface area contributed by atoms with Crippen LogP contribution < -0.4 is 21.2 Å². The van der Waals surface area contributed by atoms with Crippen LogP contribution in [0.5, 0.6) is 0 Å². The van der Waals surface area contributed by atoms with Crippen LogP contribution in [0.3, 0.4) is 0 Å². The summed E-state index contributed by atoms with van der Waals surface area (Å²) < 4.78 is 14.8. The fourth-order valence-electron chi connectivity index (χ4n) is 3.60. The lowest BCUT2D eigenvalue weighted by molar-refractivity contribution is 0.102. The molecule has 1 amide bonds. The van der Waals surface area contributed by atoms with Gasteiger partial charge in [0.25, 0.3) is 5.91 Å². The zero-order chi connectivity index (χ0) is 21.4. The number of piperazine rings is 1. The number of rotatable bonds is 4. The first-order valence-electron chi connectivity index (χ1n) is 9.67. The van der Waals surface area contributed by atoms with Gasteiger partial charge in [-0.1, -0.05) is 7.43 Å². The standard InChI is InChI=1S/C20H18FN7O2S.CH4/c21-12-1-2-17-13(9-12)25-19(30)28(17)20-26-15(11-31-20)18(29)24-14-10-23-4-3-16(14)27-7-5-22-6-8-27;/h1-4,9-11,22H,5-8H2,(H,24,29)(H,25,30);1H4. The van der Waals surface area contributed by atoms with Gasteiger partial charge in [0.05, 0.1) is 28.6 Å². The maximum absolute atomic E-state index is 13.5. The molecule has 0 atom stereocenters. The number of thiazole rings is 1. The van der Waals surface area contributed by atoms with Crippen molar-refractivity contribution in [2.75, 3.05) is 36.4 Å². The van der Waals surface area contributed by atoms with Gasteiger partial charge in [0.1, 0.15) is 11.5 Å². The van der Waals surface area contributed by atoms with Crippen molar-refractivity contribution in [3.63, 3.8) is 0 Å². The Bertz CT molecular complexity index is 1320. The smallest absolute Gasteiger partial charge is 0.332 e. The molecule has 1 fully saturated rings. The quantitative estimate of drug-likeness (QED) is 0.437. The van der Waals surface area contributed by atoms with E-state index < -0.39 is 17.4 Å². The second-order valence-corrected chi connectivity index (χ2v) is 7.86. The number of benzene rings is 1. The molecule has 0 aliphatic carbocycles. The van der Waals surface area contributed by atoms with Crippen molar-refractivity contribution in [1.82, 2.24) is 24.8 Å². The van der Waals surface area contributed by atoms with E-state index in [1.165, 1.54) is 22.8 Å². The Morgan fingerprint density at radius 1 is 1.22 bits per heavy atom. The molecule has 32 heavy (non-hydrogen) atoms. The van der Waals surface area contributed by atoms with Gasteiger partial charge in [-0.2, -0.15) is 0 Å². The molecule has 4 heterocycles. The molecule has 0 bridgehead atoms. The highest BCUT2D eigenvalue weighted by atomic mass is 32.1. The number of aromatic amines is 1. The summed E-state index contributed by atoms with van der Waals surface area (Å²) in [4.78, 5) is 38.5. The number of pyridine rings is 1. The van der Waals surface area contributed by atoms with Crippen LogP contribution in [0.25, 0.3) is 16.2 Å². The topological polar surface area (TPSA) is 108 Å². The zero-order valence-corrected chi connectivity index (χ0v) is 17.1. The average molecular weight is 456 g/mol. The van der Waals surface area contributed by atoms with Gasteiger partial charge in [-0.05, 0) is 24.3 Å². The van der Waals surface area contributed by atoms with Crippen LogP contribution >= 0.6 is 11.3 Å². The molecule has 1 aromatic carbocycles. The molecule has 0 spiro atoms. The van der Waals surface area contributed by atoms with Crippen LogP contribution in [-0.2, 0) is 0 Å². The summed E-state index contributed by atoms with van der Waals surface area (Å²) in [5, 5.41) is 8.08. The minimum atomic E-state index is -0.449. The van der Waals surface area contributed by atoms with Crippen LogP contribution in [0.15, 0.2) is 46.8 Å². The first-order valence-corrected chi connectivity index (χ1v) is 10.6. The summed E-state index contributed by atoms with van der Waals surface area (Å²) in [5.74, 6) is -0.845. The highest BCUT2D eigenvalue weighted by Crippen LogP contribution is 2.26. The molecule has 4 aromatic rings. The number of carbonyl (C=O) groups excluding carboxylic acids is 1. The zero-order valence-electron chi connectivity index (χ0n) is 16.3. The number of carbonyl (C=O) groups is 1. The lowest BCUT2D eigenvalue weighted by Crippen LogP contribution is -2.43. The Labute approximate surface area is 186 Å². The first-order chi connectivity index (χ1) is 15.1. The fourth-order valence-corrected chi connectivity index (χ4v) is 4.41. The van der Waals surface area contributed by atoms with E-state index in [-0.39, 0.29) is 13.1 Å². The fraction of sp³-hybridized carbons (Fsp3) is 0.238. The Morgan fingerprint density at radius 2 is 2.03 bits per heavy atom. The van der Waals surface area contributed by atoms with E-state index in [0.29, 0.717) is 21.9 Å². The predicted molar refractivity (Wildman–Crippen MR) is 124 cm³/mol. The summed E-state index contributed by atoms with van der Waals surface area (Å²) >= 11 is 1.15. The van der Waals surface area contributed by atoms with E-state index in [9.17, 15) is 14.0 Å². The lowest BCUT2D eigenvalue weighted by atomic mass is 10.2. The molecular weight excluding hydrogens is 433 g/mol. The van der Waals surface area contributed by atoms with Crippen molar-refractivity contribution in [2.24, 2.45) is 0 Å². The number of hydrogen-bond acceptors (Lipinski definition) is 7. The highest BCUT2D eigenvalue weighted by Gasteiger charge is 2.19. The van der Waals surface area contributed by atoms with Crippen molar-refractivity contribution < 1.29 is 9.18 Å². The van der Waals surface area contributed by atoms with Crippen molar-refractivity contribution in [2.45, 2.75) is 7.43 Å². The van der Waals surface area contributed by atoms with Crippen LogP contribution in [0.2, 0.25) is 0 Å². The largest absolute Gasteiger partial charge is 0.367 e. The van der Waals surface area contributed by atoms with Crippen molar-refractivity contribution >= 4 is 39.7 Å². The third-order valence-corrected chi connectivity index (χ3v) is 5.89. The molecule has 5 rings (SSSR count). The molecule has 0 saturated carbocycles. The van der Waals surface area contributed by atoms with Gasteiger partial charge in [-0.3, -0.25) is 9.78 Å². The SMILES string of the molecule is C.O=C(Nc1cnccc1N1CCNCC1)c1csc(-n2c(=O)[nH]c3cc(F)ccc32)n1. The minimum absolute atomic E-state index is 0. The summed E-state index contributed by atoms with van der Waals surface area (Å²) in [7, 11) is 0. The molecule has 1 aliphatic rings. The highest BCUT2D eigenvalue weighted by molar-refractivity contribution is 7.12. The molecule has 9 nitrogen and oxygen atoms in total. The molecule has 11 heteroatoms. The third kappa shape index (κ3) is 3.99. The van der Waals surface area contributed by atoms with E-state index >= 15 is 0 Å². The average Bonchev–Trinajstić information content (AvgIpc) is 3.38. The number of fused-ring (bicyclic) bond motifs is 1. The van der Waals surface area contributed by atoms with Gasteiger partial charge in [-0.15, -0.1) is 11.3 Å². The number of imidazole rings is 1. The van der Waals surface area contributed by atoms with Gasteiger partial charge in [0.15, 0.2) is 5.13 Å². The van der Waals surface area contributed by atoms with E-state index in [2.05, 4.69) is 30.5 Å². The van der Waals surface area contributed by atoms with E-state index in [4.69, 9.17) is 0 Å². The van der Waals surface area contributed by atoms with Gasteiger partial charge < -0.3 is 20.5 Å². The first kappa shape index (κ1) is 21.7. The normalized spacial score (nSPS) is 13.7. The van der Waals surface area contributed by atoms with Crippen molar-refractivity contribution in [3.8, 4) is 5.13 Å². The maximum Gasteiger partial charge on any atom is 0.332 e. The van der Waals surface area contributed by atoms with E-state index in [1.54, 1.807) is 17.8 Å². The Morgan fingerprint density at radius 3 is 2.84 bits per heavy atom. The number of aromatic nitrogens is 4. The molecule has 1 aliphatic heterocycles. The van der Waals surface area contributed by atoms with Crippen molar-refractivity contribution in [3.05, 3.63) is 64.0 Å². The maximum atomic E-state index is 13.5. The van der Waals surface area contributed by atoms with Crippen LogP contribution in [0.1, 0.15) is 17.9 Å². The Balaban J connectivity index is 0.00000245. The predicted octanol–water partition coefficient (Wildman–Crippen LogP) is 2.61. The second-order valence-electron chi connectivity index (χ2n) is 7.03. The van der Waals surface area contributed by atoms with E-state index in [0.717, 1.165) is 43.2 Å². The lowest BCUT2D eigenvalue weighted by Gasteiger charge is -2.30. The Kier molecular flexibility index (Phi) is 6.01. The number of hydrogen-bond donors (Lipinski definition) is 3. The molecule has 0 unspecified atom stereocenters. The number of anilines is 2. The second kappa shape index (κ2) is 8.89. The molecule has 1 saturated heterocycles. The molecular formula is C21H22FN7O2S. The summed E-state index contributed by atoms with van der Waals surface area (Å²) in [6, 6.07) is 5.89. The molecule has 3 N–H and O–H groups in total. The van der Waals surface area contributed by atoms with Crippen molar-refractivity contribution in [1.29, 1.82) is 0 Å². The minimum Gasteiger partial charge on any atom is -0.367 e. The monoisotopic (exact) mass is 455 g/mol. The van der Waals surface area contributed by atoms with E-state index in [1.807, 2.05) is 6.07 Å². The summed E-state index contributed by atoms with van der Waals surface area (Å²) in [5.41, 5.74) is 2.08. The third-order valence-electron chi connectivity index (χ3n) is 5.06. The van der Waals surface area contributed by atoms with Gasteiger partial charge >= 0.3 is 5.69 Å². The molecule has 0 radical (unpaired) electrons. The number of nitrogens with zero attached hydrogens (tertiary/aromatic N) is 4.